The predicted molar refractivity (Wildman–Crippen MR) is 69.8 cm³/mol. The van der Waals surface area contributed by atoms with E-state index in [1.807, 2.05) is 29.2 Å². The molecule has 2 aromatic heterocycles. The van der Waals surface area contributed by atoms with Crippen LogP contribution in [0.25, 0.3) is 0 Å². The van der Waals surface area contributed by atoms with E-state index in [1.165, 1.54) is 5.56 Å². The van der Waals surface area contributed by atoms with Gasteiger partial charge in [-0.15, -0.1) is 5.10 Å². The van der Waals surface area contributed by atoms with E-state index in [0.717, 1.165) is 12.2 Å². The molecule has 2 rings (SSSR count). The summed E-state index contributed by atoms with van der Waals surface area (Å²) in [6.45, 7) is 7.82. The summed E-state index contributed by atoms with van der Waals surface area (Å²) in [5, 5.41) is 11.6. The van der Waals surface area contributed by atoms with Crippen LogP contribution in [-0.4, -0.2) is 20.0 Å². The second-order valence-electron chi connectivity index (χ2n) is 5.29. The van der Waals surface area contributed by atoms with Gasteiger partial charge in [0.25, 0.3) is 0 Å². The summed E-state index contributed by atoms with van der Waals surface area (Å²) in [4.78, 5) is 4.07. The fraction of sp³-hybridized carbons (Fsp3) is 0.462. The minimum Gasteiger partial charge on any atom is -0.307 e. The van der Waals surface area contributed by atoms with Crippen LogP contribution < -0.4 is 5.32 Å². The zero-order valence-electron chi connectivity index (χ0n) is 11.1. The molecule has 0 amide bonds. The largest absolute Gasteiger partial charge is 0.307 e. The zero-order chi connectivity index (χ0) is 13.0. The summed E-state index contributed by atoms with van der Waals surface area (Å²) in [5.74, 6) is 0. The summed E-state index contributed by atoms with van der Waals surface area (Å²) in [5.41, 5.74) is 2.10. The minimum absolute atomic E-state index is 0.0192. The maximum absolute atomic E-state index is 4.15. The Kier molecular flexibility index (Phi) is 3.72. The van der Waals surface area contributed by atoms with Gasteiger partial charge in [-0.2, -0.15) is 0 Å². The maximum Gasteiger partial charge on any atom is 0.0965 e. The molecule has 96 valence electrons. The van der Waals surface area contributed by atoms with Crippen molar-refractivity contribution < 1.29 is 0 Å². The first-order valence-electron chi connectivity index (χ1n) is 6.07. The summed E-state index contributed by atoms with van der Waals surface area (Å²) in [6.07, 6.45) is 5.62. The first-order valence-corrected chi connectivity index (χ1v) is 6.07. The number of hydrogen-bond donors (Lipinski definition) is 1. The topological polar surface area (TPSA) is 55.6 Å². The molecule has 0 unspecified atom stereocenters. The van der Waals surface area contributed by atoms with Crippen molar-refractivity contribution in [2.24, 2.45) is 0 Å². The molecule has 2 heterocycles. The van der Waals surface area contributed by atoms with Gasteiger partial charge >= 0.3 is 0 Å². The van der Waals surface area contributed by atoms with Gasteiger partial charge in [0.2, 0.25) is 0 Å². The Labute approximate surface area is 107 Å². The molecular formula is C13H19N5. The lowest BCUT2D eigenvalue weighted by atomic mass is 10.1. The third kappa shape index (κ3) is 3.37. The van der Waals surface area contributed by atoms with Crippen LogP contribution in [-0.2, 0) is 18.6 Å². The van der Waals surface area contributed by atoms with Crippen molar-refractivity contribution in [2.75, 3.05) is 0 Å². The Balaban J connectivity index is 1.86. The smallest absolute Gasteiger partial charge is 0.0965 e. The summed E-state index contributed by atoms with van der Waals surface area (Å²) < 4.78 is 1.88. The molecule has 0 saturated carbocycles. The van der Waals surface area contributed by atoms with E-state index in [2.05, 4.69) is 41.4 Å². The molecule has 0 aliphatic heterocycles. The fourth-order valence-corrected chi connectivity index (χ4v) is 1.54. The first-order chi connectivity index (χ1) is 8.55. The molecule has 5 nitrogen and oxygen atoms in total. The van der Waals surface area contributed by atoms with E-state index in [1.54, 1.807) is 6.20 Å². The second kappa shape index (κ2) is 5.27. The Morgan fingerprint density at radius 3 is 2.72 bits per heavy atom. The number of aromatic nitrogens is 4. The van der Waals surface area contributed by atoms with Gasteiger partial charge in [0.05, 0.1) is 17.4 Å². The first kappa shape index (κ1) is 12.7. The van der Waals surface area contributed by atoms with Gasteiger partial charge in [0.1, 0.15) is 0 Å². The summed E-state index contributed by atoms with van der Waals surface area (Å²) in [7, 11) is 0. The van der Waals surface area contributed by atoms with Crippen LogP contribution in [0.15, 0.2) is 30.7 Å². The van der Waals surface area contributed by atoms with Crippen LogP contribution in [0.2, 0.25) is 0 Å². The quantitative estimate of drug-likeness (QED) is 0.891. The average molecular weight is 245 g/mol. The maximum atomic E-state index is 4.15. The van der Waals surface area contributed by atoms with Crippen molar-refractivity contribution in [1.29, 1.82) is 0 Å². The molecule has 0 aromatic carbocycles. The van der Waals surface area contributed by atoms with Crippen LogP contribution in [0, 0.1) is 0 Å². The Morgan fingerprint density at radius 2 is 2.11 bits per heavy atom. The lowest BCUT2D eigenvalue weighted by Gasteiger charge is -2.17. The lowest BCUT2D eigenvalue weighted by Crippen LogP contribution is -2.22. The SMILES string of the molecule is CC(C)(C)n1cc(CNCc2cccnc2)nn1. The second-order valence-corrected chi connectivity index (χ2v) is 5.29. The normalized spacial score (nSPS) is 11.7. The molecule has 0 aliphatic rings. The highest BCUT2D eigenvalue weighted by atomic mass is 15.4. The van der Waals surface area contributed by atoms with Crippen LogP contribution in [0.5, 0.6) is 0 Å². The molecule has 2 aromatic rings. The highest BCUT2D eigenvalue weighted by Gasteiger charge is 2.14. The Bertz CT molecular complexity index is 484. The molecule has 0 bridgehead atoms. The van der Waals surface area contributed by atoms with Crippen molar-refractivity contribution in [3.8, 4) is 0 Å². The van der Waals surface area contributed by atoms with E-state index in [4.69, 9.17) is 0 Å². The van der Waals surface area contributed by atoms with Gasteiger partial charge in [0, 0.05) is 25.5 Å². The molecule has 0 saturated heterocycles. The van der Waals surface area contributed by atoms with Gasteiger partial charge in [0.15, 0.2) is 0 Å². The average Bonchev–Trinajstić information content (AvgIpc) is 2.79. The van der Waals surface area contributed by atoms with Crippen LogP contribution in [0.3, 0.4) is 0 Å². The van der Waals surface area contributed by atoms with Crippen molar-refractivity contribution in [2.45, 2.75) is 39.4 Å². The number of rotatable bonds is 4. The molecular weight excluding hydrogens is 226 g/mol. The standard InChI is InChI=1S/C13H19N5/c1-13(2,3)18-10-12(16-17-18)9-15-8-11-5-4-6-14-7-11/h4-7,10,15H,8-9H2,1-3H3. The highest BCUT2D eigenvalue weighted by molar-refractivity contribution is 5.08. The van der Waals surface area contributed by atoms with E-state index in [-0.39, 0.29) is 5.54 Å². The van der Waals surface area contributed by atoms with Crippen molar-refractivity contribution in [3.05, 3.63) is 42.0 Å². The third-order valence-electron chi connectivity index (χ3n) is 2.59. The monoisotopic (exact) mass is 245 g/mol. The molecule has 0 atom stereocenters. The van der Waals surface area contributed by atoms with E-state index >= 15 is 0 Å². The molecule has 0 fully saturated rings. The lowest BCUT2D eigenvalue weighted by molar-refractivity contribution is 0.347. The van der Waals surface area contributed by atoms with Gasteiger partial charge in [-0.1, -0.05) is 11.3 Å². The van der Waals surface area contributed by atoms with Gasteiger partial charge in [-0.05, 0) is 32.4 Å². The van der Waals surface area contributed by atoms with E-state index < -0.39 is 0 Å². The summed E-state index contributed by atoms with van der Waals surface area (Å²) >= 11 is 0. The number of hydrogen-bond acceptors (Lipinski definition) is 4. The summed E-state index contributed by atoms with van der Waals surface area (Å²) in [6, 6.07) is 3.99. The fourth-order valence-electron chi connectivity index (χ4n) is 1.54. The Hall–Kier alpha value is -1.75. The highest BCUT2D eigenvalue weighted by Crippen LogP contribution is 2.11. The third-order valence-corrected chi connectivity index (χ3v) is 2.59. The van der Waals surface area contributed by atoms with Crippen molar-refractivity contribution in [3.63, 3.8) is 0 Å². The van der Waals surface area contributed by atoms with Gasteiger partial charge in [-0.25, -0.2) is 4.68 Å². The zero-order valence-corrected chi connectivity index (χ0v) is 11.1. The number of nitrogens with one attached hydrogen (secondary N) is 1. The van der Waals surface area contributed by atoms with E-state index in [9.17, 15) is 0 Å². The molecule has 5 heteroatoms. The minimum atomic E-state index is -0.0192. The molecule has 1 N–H and O–H groups in total. The van der Waals surface area contributed by atoms with Crippen molar-refractivity contribution in [1.82, 2.24) is 25.3 Å². The molecule has 18 heavy (non-hydrogen) atoms. The molecule has 0 spiro atoms. The predicted octanol–water partition coefficient (Wildman–Crippen LogP) is 1.72. The van der Waals surface area contributed by atoms with Crippen LogP contribution in [0.4, 0.5) is 0 Å². The number of pyridine rings is 1. The number of nitrogens with zero attached hydrogens (tertiary/aromatic N) is 4. The van der Waals surface area contributed by atoms with Crippen LogP contribution >= 0.6 is 0 Å². The molecule has 0 radical (unpaired) electrons. The van der Waals surface area contributed by atoms with Gasteiger partial charge in [-0.3, -0.25) is 4.98 Å². The van der Waals surface area contributed by atoms with Crippen molar-refractivity contribution >= 4 is 0 Å². The van der Waals surface area contributed by atoms with Crippen LogP contribution in [0.1, 0.15) is 32.0 Å². The van der Waals surface area contributed by atoms with E-state index in [0.29, 0.717) is 6.54 Å². The Morgan fingerprint density at radius 1 is 1.28 bits per heavy atom. The van der Waals surface area contributed by atoms with Gasteiger partial charge < -0.3 is 5.32 Å². The molecule has 0 aliphatic carbocycles.